The van der Waals surface area contributed by atoms with Gasteiger partial charge in [0.1, 0.15) is 16.6 Å². The highest BCUT2D eigenvalue weighted by Gasteiger charge is 2.18. The van der Waals surface area contributed by atoms with Gasteiger partial charge in [-0.05, 0) is 37.8 Å². The molecule has 0 aliphatic heterocycles. The topological polar surface area (TPSA) is 76.7 Å². The van der Waals surface area contributed by atoms with Crippen LogP contribution >= 0.6 is 23.8 Å². The monoisotopic (exact) mass is 291 g/mol. The number of anilines is 2. The molecule has 0 radical (unpaired) electrons. The van der Waals surface area contributed by atoms with Crippen LogP contribution in [-0.2, 0) is 12.8 Å². The summed E-state index contributed by atoms with van der Waals surface area (Å²) in [5, 5.41) is 3.88. The van der Waals surface area contributed by atoms with Gasteiger partial charge in [-0.1, -0.05) is 12.2 Å². The summed E-state index contributed by atoms with van der Waals surface area (Å²) < 4.78 is 4.14. The van der Waals surface area contributed by atoms with E-state index >= 15 is 0 Å². The summed E-state index contributed by atoms with van der Waals surface area (Å²) in [6.07, 6.45) is 3.20. The van der Waals surface area contributed by atoms with Crippen molar-refractivity contribution in [3.8, 4) is 0 Å². The predicted molar refractivity (Wildman–Crippen MR) is 80.1 cm³/mol. The molecule has 5 nitrogen and oxygen atoms in total. The van der Waals surface area contributed by atoms with E-state index in [1.165, 1.54) is 17.1 Å². The average molecular weight is 291 g/mol. The number of pyridine rings is 1. The largest absolute Gasteiger partial charge is 0.389 e. The second kappa shape index (κ2) is 4.82. The number of nitrogens with one attached hydrogen (secondary N) is 1. The van der Waals surface area contributed by atoms with Crippen LogP contribution in [0.4, 0.5) is 10.9 Å². The van der Waals surface area contributed by atoms with E-state index in [-0.39, 0.29) is 0 Å². The predicted octanol–water partition coefficient (Wildman–Crippen LogP) is 2.11. The molecule has 0 unspecified atom stereocenters. The third-order valence-electron chi connectivity index (χ3n) is 3.07. The highest BCUT2D eigenvalue weighted by molar-refractivity contribution is 7.80. The lowest BCUT2D eigenvalue weighted by molar-refractivity contribution is 0.900. The van der Waals surface area contributed by atoms with Crippen LogP contribution in [0.1, 0.15) is 29.1 Å². The minimum absolute atomic E-state index is 0.353. The van der Waals surface area contributed by atoms with Crippen molar-refractivity contribution in [3.05, 3.63) is 28.7 Å². The molecule has 7 heteroatoms. The molecule has 2 aromatic heterocycles. The van der Waals surface area contributed by atoms with Crippen LogP contribution in [0.3, 0.4) is 0 Å². The van der Waals surface area contributed by atoms with Gasteiger partial charge in [0.25, 0.3) is 0 Å². The minimum Gasteiger partial charge on any atom is -0.389 e. The quantitative estimate of drug-likeness (QED) is 0.843. The van der Waals surface area contributed by atoms with E-state index in [0.29, 0.717) is 15.9 Å². The van der Waals surface area contributed by atoms with E-state index in [0.717, 1.165) is 36.3 Å². The van der Waals surface area contributed by atoms with Crippen LogP contribution in [0.15, 0.2) is 6.07 Å². The molecule has 0 saturated carbocycles. The first-order valence-electron chi connectivity index (χ1n) is 6.03. The Hall–Kier alpha value is -1.60. The number of rotatable bonds is 3. The molecule has 2 aromatic rings. The Morgan fingerprint density at radius 2 is 2.26 bits per heavy atom. The summed E-state index contributed by atoms with van der Waals surface area (Å²) in [6.45, 7) is 1.85. The van der Waals surface area contributed by atoms with Crippen molar-refractivity contribution in [1.82, 2.24) is 14.3 Å². The molecule has 3 rings (SSSR count). The van der Waals surface area contributed by atoms with E-state index in [9.17, 15) is 0 Å². The number of aromatic nitrogens is 3. The fourth-order valence-electron chi connectivity index (χ4n) is 2.20. The Morgan fingerprint density at radius 1 is 1.42 bits per heavy atom. The first kappa shape index (κ1) is 12.4. The van der Waals surface area contributed by atoms with E-state index in [1.54, 1.807) is 0 Å². The zero-order valence-corrected chi connectivity index (χ0v) is 12.1. The second-order valence-corrected chi connectivity index (χ2v) is 5.67. The molecule has 3 N–H and O–H groups in total. The van der Waals surface area contributed by atoms with Gasteiger partial charge in [0, 0.05) is 17.2 Å². The molecule has 98 valence electrons. The number of nitrogens with two attached hydrogens (primary N) is 1. The van der Waals surface area contributed by atoms with Crippen molar-refractivity contribution in [2.75, 3.05) is 5.32 Å². The first-order valence-corrected chi connectivity index (χ1v) is 7.21. The molecule has 0 atom stereocenters. The molecule has 0 amide bonds. The molecular weight excluding hydrogens is 278 g/mol. The molecule has 0 fully saturated rings. The summed E-state index contributed by atoms with van der Waals surface area (Å²) in [5.74, 6) is 1.43. The van der Waals surface area contributed by atoms with Crippen LogP contribution in [-0.4, -0.2) is 19.3 Å². The molecule has 0 spiro atoms. The van der Waals surface area contributed by atoms with E-state index in [1.807, 2.05) is 13.0 Å². The van der Waals surface area contributed by atoms with Crippen molar-refractivity contribution in [2.24, 2.45) is 5.73 Å². The average Bonchev–Trinajstić information content (AvgIpc) is 2.96. The van der Waals surface area contributed by atoms with Gasteiger partial charge in [-0.2, -0.15) is 4.37 Å². The Labute approximate surface area is 120 Å². The maximum atomic E-state index is 5.79. The summed E-state index contributed by atoms with van der Waals surface area (Å²) in [5.41, 5.74) is 8.95. The van der Waals surface area contributed by atoms with Crippen molar-refractivity contribution in [1.29, 1.82) is 0 Å². The zero-order valence-electron chi connectivity index (χ0n) is 10.4. The number of thiocarbonyl (C=S) groups is 1. The number of aryl methyl sites for hydroxylation is 3. The molecule has 0 aromatic carbocycles. The number of nitrogens with zero attached hydrogens (tertiary/aromatic N) is 3. The van der Waals surface area contributed by atoms with Gasteiger partial charge >= 0.3 is 0 Å². The molecular formula is C12H13N5S2. The third-order valence-corrected chi connectivity index (χ3v) is 4.01. The lowest BCUT2D eigenvalue weighted by Gasteiger charge is -2.10. The summed E-state index contributed by atoms with van der Waals surface area (Å²) >= 11 is 6.41. The first-order chi connectivity index (χ1) is 9.13. The van der Waals surface area contributed by atoms with Gasteiger partial charge in [0.05, 0.1) is 5.56 Å². The normalized spacial score (nSPS) is 13.3. The number of fused-ring (bicyclic) bond motifs is 1. The molecule has 1 aliphatic rings. The molecule has 2 heterocycles. The maximum Gasteiger partial charge on any atom is 0.208 e. The van der Waals surface area contributed by atoms with Crippen LogP contribution in [0.25, 0.3) is 0 Å². The number of hydrogen-bond acceptors (Lipinski definition) is 6. The van der Waals surface area contributed by atoms with Crippen LogP contribution in [0, 0.1) is 6.92 Å². The Morgan fingerprint density at radius 3 is 2.95 bits per heavy atom. The fourth-order valence-corrected chi connectivity index (χ4v) is 2.93. The maximum absolute atomic E-state index is 5.79. The molecule has 19 heavy (non-hydrogen) atoms. The second-order valence-electron chi connectivity index (χ2n) is 4.48. The summed E-state index contributed by atoms with van der Waals surface area (Å²) in [4.78, 5) is 9.26. The number of hydrogen-bond donors (Lipinski definition) is 2. The van der Waals surface area contributed by atoms with Gasteiger partial charge in [-0.15, -0.1) is 0 Å². The van der Waals surface area contributed by atoms with Crippen LogP contribution in [0.5, 0.6) is 0 Å². The van der Waals surface area contributed by atoms with Gasteiger partial charge in [-0.3, -0.25) is 0 Å². The highest BCUT2D eigenvalue weighted by atomic mass is 32.1. The van der Waals surface area contributed by atoms with Gasteiger partial charge in [-0.25, -0.2) is 9.97 Å². The fraction of sp³-hybridized carbons (Fsp3) is 0.333. The van der Waals surface area contributed by atoms with E-state index in [2.05, 4.69) is 19.7 Å². The van der Waals surface area contributed by atoms with Gasteiger partial charge in [0.2, 0.25) is 5.13 Å². The highest BCUT2D eigenvalue weighted by Crippen LogP contribution is 2.27. The summed E-state index contributed by atoms with van der Waals surface area (Å²) in [7, 11) is 0. The van der Waals surface area contributed by atoms with Crippen molar-refractivity contribution in [3.63, 3.8) is 0 Å². The molecule has 1 aliphatic carbocycles. The van der Waals surface area contributed by atoms with Crippen molar-refractivity contribution >= 4 is 39.7 Å². The van der Waals surface area contributed by atoms with Gasteiger partial charge < -0.3 is 11.1 Å². The van der Waals surface area contributed by atoms with E-state index in [4.69, 9.17) is 18.0 Å². The van der Waals surface area contributed by atoms with Gasteiger partial charge in [0.15, 0.2) is 0 Å². The lowest BCUT2D eigenvalue weighted by Crippen LogP contribution is -2.14. The SMILES string of the molecule is Cc1nsc(Nc2nc3c(cc2C(N)=S)CCC3)n1. The Kier molecular flexibility index (Phi) is 3.16. The van der Waals surface area contributed by atoms with E-state index < -0.39 is 0 Å². The van der Waals surface area contributed by atoms with Crippen molar-refractivity contribution < 1.29 is 0 Å². The minimum atomic E-state index is 0.353. The smallest absolute Gasteiger partial charge is 0.208 e. The molecule has 0 saturated heterocycles. The standard InChI is InChI=1S/C12H13N5S2/c1-6-14-12(19-17-6)16-11-8(10(13)18)5-7-3-2-4-9(7)15-11/h5H,2-4H2,1H3,(H2,13,18)(H,14,15,16,17). The Balaban J connectivity index is 2.01. The van der Waals surface area contributed by atoms with Crippen LogP contribution < -0.4 is 11.1 Å². The van der Waals surface area contributed by atoms with Crippen molar-refractivity contribution in [2.45, 2.75) is 26.2 Å². The molecule has 0 bridgehead atoms. The lowest BCUT2D eigenvalue weighted by atomic mass is 10.1. The summed E-state index contributed by atoms with van der Waals surface area (Å²) in [6, 6.07) is 2.05. The third kappa shape index (κ3) is 2.43. The van der Waals surface area contributed by atoms with Crippen LogP contribution in [0.2, 0.25) is 0 Å². The zero-order chi connectivity index (χ0) is 13.4. The Bertz CT molecular complexity index is 650.